The smallest absolute Gasteiger partial charge is 0.157 e. The van der Waals surface area contributed by atoms with Gasteiger partial charge in [-0.25, -0.2) is 0 Å². The summed E-state index contributed by atoms with van der Waals surface area (Å²) in [6, 6.07) is 0. The molecule has 0 amide bonds. The van der Waals surface area contributed by atoms with Gasteiger partial charge in [-0.3, -0.25) is 4.79 Å². The first-order chi connectivity index (χ1) is 5.56. The van der Waals surface area contributed by atoms with Crippen molar-refractivity contribution in [3.05, 3.63) is 11.8 Å². The highest BCUT2D eigenvalue weighted by molar-refractivity contribution is 5.89. The molecule has 1 N–H and O–H groups in total. The van der Waals surface area contributed by atoms with E-state index < -0.39 is 0 Å². The topological polar surface area (TPSA) is 29.1 Å². The Morgan fingerprint density at radius 1 is 1.50 bits per heavy atom. The van der Waals surface area contributed by atoms with Gasteiger partial charge in [0, 0.05) is 18.7 Å². The number of rotatable bonds is 5. The van der Waals surface area contributed by atoms with Crippen LogP contribution in [0.5, 0.6) is 0 Å². The molecule has 0 heterocycles. The summed E-state index contributed by atoms with van der Waals surface area (Å²) in [6.07, 6.45) is 2.25. The van der Waals surface area contributed by atoms with Gasteiger partial charge in [0.25, 0.3) is 0 Å². The second kappa shape index (κ2) is 5.81. The maximum absolute atomic E-state index is 11.0. The van der Waals surface area contributed by atoms with E-state index in [0.717, 1.165) is 12.2 Å². The van der Waals surface area contributed by atoms with E-state index in [4.69, 9.17) is 0 Å². The number of hydrogen-bond acceptors (Lipinski definition) is 2. The van der Waals surface area contributed by atoms with Gasteiger partial charge in [-0.1, -0.05) is 20.8 Å². The Balaban J connectivity index is 3.78. The van der Waals surface area contributed by atoms with Crippen molar-refractivity contribution in [1.82, 2.24) is 5.32 Å². The molecule has 0 aliphatic carbocycles. The molecule has 0 aliphatic heterocycles. The van der Waals surface area contributed by atoms with Crippen LogP contribution in [0.4, 0.5) is 0 Å². The van der Waals surface area contributed by atoms with E-state index in [9.17, 15) is 4.79 Å². The van der Waals surface area contributed by atoms with Gasteiger partial charge >= 0.3 is 0 Å². The first-order valence-corrected chi connectivity index (χ1v) is 4.51. The number of carbonyl (C=O) groups excluding carboxylic acids is 1. The number of nitrogens with one attached hydrogen (secondary N) is 1. The zero-order valence-electron chi connectivity index (χ0n) is 8.48. The van der Waals surface area contributed by atoms with Crippen molar-refractivity contribution in [2.24, 2.45) is 5.92 Å². The van der Waals surface area contributed by atoms with Crippen LogP contribution in [-0.4, -0.2) is 12.3 Å². The molecule has 2 heteroatoms. The van der Waals surface area contributed by atoms with Gasteiger partial charge in [0.15, 0.2) is 5.78 Å². The lowest BCUT2D eigenvalue weighted by molar-refractivity contribution is -0.114. The lowest BCUT2D eigenvalue weighted by Gasteiger charge is -2.08. The van der Waals surface area contributed by atoms with Gasteiger partial charge in [0.05, 0.1) is 0 Å². The van der Waals surface area contributed by atoms with E-state index >= 15 is 0 Å². The Bertz CT molecular complexity index is 171. The molecule has 0 aromatic carbocycles. The third kappa shape index (κ3) is 5.96. The first kappa shape index (κ1) is 11.2. The van der Waals surface area contributed by atoms with Crippen LogP contribution in [0.3, 0.4) is 0 Å². The molecule has 0 aliphatic rings. The average molecular weight is 169 g/mol. The minimum absolute atomic E-state index is 0.184. The van der Waals surface area contributed by atoms with Crippen molar-refractivity contribution < 1.29 is 4.79 Å². The lowest BCUT2D eigenvalue weighted by atomic mass is 10.2. The maximum Gasteiger partial charge on any atom is 0.157 e. The van der Waals surface area contributed by atoms with Crippen LogP contribution in [0.25, 0.3) is 0 Å². The van der Waals surface area contributed by atoms with E-state index in [1.54, 1.807) is 6.08 Å². The molecule has 0 bridgehead atoms. The third-order valence-electron chi connectivity index (χ3n) is 1.52. The van der Waals surface area contributed by atoms with E-state index in [2.05, 4.69) is 19.2 Å². The van der Waals surface area contributed by atoms with Crippen LogP contribution >= 0.6 is 0 Å². The van der Waals surface area contributed by atoms with Crippen LogP contribution < -0.4 is 5.32 Å². The highest BCUT2D eigenvalue weighted by Crippen LogP contribution is 1.94. The Morgan fingerprint density at radius 2 is 2.08 bits per heavy atom. The molecule has 2 nitrogen and oxygen atoms in total. The lowest BCUT2D eigenvalue weighted by Crippen LogP contribution is -2.18. The fourth-order valence-electron chi connectivity index (χ4n) is 0.760. The third-order valence-corrected chi connectivity index (χ3v) is 1.52. The zero-order chi connectivity index (χ0) is 9.56. The zero-order valence-corrected chi connectivity index (χ0v) is 8.48. The number of hydrogen-bond donors (Lipinski definition) is 1. The Morgan fingerprint density at radius 3 is 2.50 bits per heavy atom. The Labute approximate surface area is 75.0 Å². The molecule has 0 saturated carbocycles. The number of allylic oxidation sites excluding steroid dienone is 2. The summed E-state index contributed by atoms with van der Waals surface area (Å²) >= 11 is 0. The predicted octanol–water partition coefficient (Wildman–Crippen LogP) is 2.11. The highest BCUT2D eigenvalue weighted by atomic mass is 16.1. The van der Waals surface area contributed by atoms with Gasteiger partial charge in [-0.05, 0) is 18.9 Å². The summed E-state index contributed by atoms with van der Waals surface area (Å²) in [5, 5.41) is 3.19. The number of carbonyl (C=O) groups is 1. The van der Waals surface area contributed by atoms with Crippen LogP contribution in [-0.2, 0) is 4.79 Å². The maximum atomic E-state index is 11.0. The first-order valence-electron chi connectivity index (χ1n) is 4.51. The Hall–Kier alpha value is -0.790. The summed E-state index contributed by atoms with van der Waals surface area (Å²) < 4.78 is 0. The summed E-state index contributed by atoms with van der Waals surface area (Å²) in [5.74, 6) is 0.800. The predicted molar refractivity (Wildman–Crippen MR) is 51.9 cm³/mol. The van der Waals surface area contributed by atoms with Crippen molar-refractivity contribution in [1.29, 1.82) is 0 Å². The molecule has 0 fully saturated rings. The van der Waals surface area contributed by atoms with Gasteiger partial charge in [-0.15, -0.1) is 0 Å². The molecular formula is C10H19NO. The molecule has 12 heavy (non-hydrogen) atoms. The van der Waals surface area contributed by atoms with Crippen LogP contribution in [0, 0.1) is 5.92 Å². The van der Waals surface area contributed by atoms with Crippen LogP contribution in [0.2, 0.25) is 0 Å². The van der Waals surface area contributed by atoms with Crippen molar-refractivity contribution in [3.8, 4) is 0 Å². The fourth-order valence-corrected chi connectivity index (χ4v) is 0.760. The average Bonchev–Trinajstić information content (AvgIpc) is 2.00. The molecular weight excluding hydrogens is 150 g/mol. The largest absolute Gasteiger partial charge is 0.388 e. The molecule has 0 saturated heterocycles. The minimum atomic E-state index is 0.184. The van der Waals surface area contributed by atoms with Gasteiger partial charge < -0.3 is 5.32 Å². The minimum Gasteiger partial charge on any atom is -0.388 e. The van der Waals surface area contributed by atoms with Gasteiger partial charge in [0.2, 0.25) is 0 Å². The van der Waals surface area contributed by atoms with Crippen molar-refractivity contribution in [2.75, 3.05) is 6.54 Å². The normalized spacial score (nSPS) is 11.9. The number of ketones is 1. The molecule has 0 radical (unpaired) electrons. The molecule has 0 unspecified atom stereocenters. The Kier molecular flexibility index (Phi) is 5.43. The van der Waals surface area contributed by atoms with E-state index in [-0.39, 0.29) is 5.78 Å². The van der Waals surface area contributed by atoms with Crippen LogP contribution in [0.15, 0.2) is 11.8 Å². The summed E-state index contributed by atoms with van der Waals surface area (Å²) in [4.78, 5) is 11.0. The van der Waals surface area contributed by atoms with Crippen molar-refractivity contribution in [2.45, 2.75) is 34.1 Å². The molecule has 0 aromatic heterocycles. The second-order valence-electron chi connectivity index (χ2n) is 3.42. The SMILES string of the molecule is CCC(=O)C=C(C)NCC(C)C. The van der Waals surface area contributed by atoms with Gasteiger partial charge in [-0.2, -0.15) is 0 Å². The van der Waals surface area contributed by atoms with E-state index in [1.807, 2.05) is 13.8 Å². The standard InChI is InChI=1S/C10H19NO/c1-5-10(12)6-9(4)11-7-8(2)3/h6,8,11H,5,7H2,1-4H3. The fraction of sp³-hybridized carbons (Fsp3) is 0.700. The van der Waals surface area contributed by atoms with Crippen molar-refractivity contribution >= 4 is 5.78 Å². The molecule has 70 valence electrons. The summed E-state index contributed by atoms with van der Waals surface area (Å²) in [6.45, 7) is 9.01. The highest BCUT2D eigenvalue weighted by Gasteiger charge is 1.95. The summed E-state index contributed by atoms with van der Waals surface area (Å²) in [5.41, 5.74) is 0.968. The molecule has 0 aromatic rings. The molecule has 0 rings (SSSR count). The summed E-state index contributed by atoms with van der Waals surface area (Å²) in [7, 11) is 0. The second-order valence-corrected chi connectivity index (χ2v) is 3.42. The molecule has 0 spiro atoms. The van der Waals surface area contributed by atoms with Gasteiger partial charge in [0.1, 0.15) is 0 Å². The van der Waals surface area contributed by atoms with E-state index in [1.165, 1.54) is 0 Å². The molecule has 0 atom stereocenters. The van der Waals surface area contributed by atoms with E-state index in [0.29, 0.717) is 12.3 Å². The monoisotopic (exact) mass is 169 g/mol. The quantitative estimate of drug-likeness (QED) is 0.639. The van der Waals surface area contributed by atoms with Crippen molar-refractivity contribution in [3.63, 3.8) is 0 Å². The van der Waals surface area contributed by atoms with Crippen LogP contribution in [0.1, 0.15) is 34.1 Å².